The average Bonchev–Trinajstić information content (AvgIpc) is 3.87. The number of nitrogens with one attached hydrogen (secondary N) is 4. The summed E-state index contributed by atoms with van der Waals surface area (Å²) in [7, 11) is 1.37. The topological polar surface area (TPSA) is 132 Å². The number of H-pyrrole nitrogens is 3. The van der Waals surface area contributed by atoms with Crippen molar-refractivity contribution in [2.45, 2.75) is 126 Å². The van der Waals surface area contributed by atoms with Crippen LogP contribution in [-0.2, 0) is 44.7 Å². The van der Waals surface area contributed by atoms with Gasteiger partial charge < -0.3 is 34.8 Å². The summed E-state index contributed by atoms with van der Waals surface area (Å²) in [5.74, 6) is -1.11. The van der Waals surface area contributed by atoms with Crippen molar-refractivity contribution in [3.63, 3.8) is 0 Å². The molecule has 1 aliphatic carbocycles. The van der Waals surface area contributed by atoms with E-state index < -0.39 is 18.0 Å². The first-order chi connectivity index (χ1) is 25.8. The summed E-state index contributed by atoms with van der Waals surface area (Å²) in [4.78, 5) is 38.2. The molecular weight excluding hydrogens is 677 g/mol. The van der Waals surface area contributed by atoms with Crippen molar-refractivity contribution in [3.05, 3.63) is 90.6 Å². The summed E-state index contributed by atoms with van der Waals surface area (Å²) in [6.07, 6.45) is 10.5. The molecule has 3 aromatic rings. The van der Waals surface area contributed by atoms with Crippen LogP contribution < -0.4 is 5.32 Å². The minimum atomic E-state index is -1.07. The van der Waals surface area contributed by atoms with Gasteiger partial charge in [-0.25, -0.2) is 0 Å². The zero-order valence-corrected chi connectivity index (χ0v) is 34.2. The molecule has 6 rings (SSSR count). The summed E-state index contributed by atoms with van der Waals surface area (Å²) in [6.45, 7) is 19.9. The van der Waals surface area contributed by atoms with Crippen LogP contribution >= 0.6 is 0 Å². The number of fused-ring (bicyclic) bond motifs is 7. The number of allylic oxidation sites excluding steroid dienone is 3. The summed E-state index contributed by atoms with van der Waals surface area (Å²) >= 11 is 0. The lowest BCUT2D eigenvalue weighted by atomic mass is 9.84. The molecule has 54 heavy (non-hydrogen) atoms. The van der Waals surface area contributed by atoms with Crippen LogP contribution in [0.15, 0.2) is 23.0 Å². The van der Waals surface area contributed by atoms with Gasteiger partial charge in [-0.3, -0.25) is 9.59 Å². The number of carbonyl (C=O) groups excluding carboxylic acids is 2. The van der Waals surface area contributed by atoms with Crippen LogP contribution in [0.5, 0.6) is 0 Å². The van der Waals surface area contributed by atoms with E-state index in [0.29, 0.717) is 18.8 Å². The Labute approximate surface area is 321 Å². The van der Waals surface area contributed by atoms with Crippen LogP contribution in [0.2, 0.25) is 0 Å². The molecule has 3 aromatic heterocycles. The number of aromatic nitrogens is 3. The second-order valence-electron chi connectivity index (χ2n) is 16.3. The molecule has 1 fully saturated rings. The molecular formula is C45H62N4O5. The highest BCUT2D eigenvalue weighted by Crippen LogP contribution is 2.52. The van der Waals surface area contributed by atoms with Gasteiger partial charge in [0.25, 0.3) is 0 Å². The molecule has 292 valence electrons. The molecule has 9 heteroatoms. The number of carbonyl (C=O) groups is 2. The van der Waals surface area contributed by atoms with Crippen LogP contribution in [0.4, 0.5) is 0 Å². The van der Waals surface area contributed by atoms with Crippen LogP contribution in [0.1, 0.15) is 147 Å². The molecule has 5 heterocycles. The van der Waals surface area contributed by atoms with Gasteiger partial charge in [0.2, 0.25) is 0 Å². The predicted octanol–water partition coefficient (Wildman–Crippen LogP) is 8.76. The lowest BCUT2D eigenvalue weighted by molar-refractivity contribution is -0.146. The summed E-state index contributed by atoms with van der Waals surface area (Å²) in [5.41, 5.74) is 17.1. The van der Waals surface area contributed by atoms with E-state index in [0.717, 1.165) is 77.3 Å². The molecule has 0 aromatic carbocycles. The number of aliphatic hydroxyl groups is 1. The van der Waals surface area contributed by atoms with Gasteiger partial charge in [0.15, 0.2) is 0 Å². The summed E-state index contributed by atoms with van der Waals surface area (Å²) in [6, 6.07) is 0. The number of esters is 2. The zero-order chi connectivity index (χ0) is 39.0. The summed E-state index contributed by atoms with van der Waals surface area (Å²) in [5, 5.41) is 15.7. The van der Waals surface area contributed by atoms with E-state index in [1.165, 1.54) is 58.4 Å². The third kappa shape index (κ3) is 7.40. The molecule has 0 saturated carbocycles. The van der Waals surface area contributed by atoms with Gasteiger partial charge in [-0.2, -0.15) is 0 Å². The van der Waals surface area contributed by atoms with Gasteiger partial charge in [0.05, 0.1) is 18.9 Å². The molecule has 8 bridgehead atoms. The number of hydrogen-bond donors (Lipinski definition) is 5. The first-order valence-electron chi connectivity index (χ1n) is 20.2. The molecule has 5 N–H and O–H groups in total. The molecule has 4 atom stereocenters. The molecule has 9 nitrogen and oxygen atoms in total. The highest BCUT2D eigenvalue weighted by molar-refractivity contribution is 5.94. The van der Waals surface area contributed by atoms with Gasteiger partial charge in [-0.15, -0.1) is 0 Å². The minimum Gasteiger partial charge on any atom is -0.468 e. The predicted molar refractivity (Wildman–Crippen MR) is 215 cm³/mol. The molecule has 0 radical (unpaired) electrons. The van der Waals surface area contributed by atoms with E-state index in [2.05, 4.69) is 81.7 Å². The number of methoxy groups -OCH3 is 1. The van der Waals surface area contributed by atoms with Gasteiger partial charge in [0.1, 0.15) is 12.5 Å². The average molecular weight is 739 g/mol. The second-order valence-corrected chi connectivity index (χ2v) is 16.3. The van der Waals surface area contributed by atoms with Gasteiger partial charge in [-0.05, 0) is 106 Å². The Balaban J connectivity index is 1.43. The SMILES string of the molecule is CCc1c2[nH]c(c1C)/C=C1\N/C(=C3\c4[nH]c(c(C)c4[C@@H](O)[C@@H]3C(=O)OC)Cc3[nH]c(c(C)c3CC)C2)[C@@H](CCC(=O)OC/C=C(\C)CCCC(C)C)[C@@H]1C. The Hall–Kier alpha value is -4.24. The third-order valence-electron chi connectivity index (χ3n) is 12.6. The van der Waals surface area contributed by atoms with Crippen molar-refractivity contribution < 1.29 is 24.2 Å². The van der Waals surface area contributed by atoms with Crippen molar-refractivity contribution in [2.24, 2.45) is 23.7 Å². The maximum Gasteiger partial charge on any atom is 0.316 e. The fourth-order valence-corrected chi connectivity index (χ4v) is 9.32. The lowest BCUT2D eigenvalue weighted by Gasteiger charge is -2.21. The van der Waals surface area contributed by atoms with Gasteiger partial charge in [0, 0.05) is 82.1 Å². The van der Waals surface area contributed by atoms with E-state index in [1.807, 2.05) is 13.0 Å². The highest BCUT2D eigenvalue weighted by Gasteiger charge is 2.48. The normalized spacial score (nSPS) is 23.1. The van der Waals surface area contributed by atoms with Crippen molar-refractivity contribution >= 4 is 23.6 Å². The van der Waals surface area contributed by atoms with Crippen molar-refractivity contribution in [2.75, 3.05) is 13.7 Å². The quantitative estimate of drug-likeness (QED) is 0.0933. The Morgan fingerprint density at radius 2 is 1.61 bits per heavy atom. The monoisotopic (exact) mass is 738 g/mol. The van der Waals surface area contributed by atoms with Crippen LogP contribution in [0, 0.1) is 44.4 Å². The molecule has 0 unspecified atom stereocenters. The molecule has 1 saturated heterocycles. The van der Waals surface area contributed by atoms with Crippen LogP contribution in [0.25, 0.3) is 11.6 Å². The van der Waals surface area contributed by atoms with Gasteiger partial charge in [-0.1, -0.05) is 46.6 Å². The standard InChI is InChI=1S/C45H62N4O5/c1-11-29-25(6)32-20-34-27(8)31(16-17-38(50)54-19-18-24(5)15-13-14-23(3)4)42(48-34)40-41(45(52)53-10)44(51)39-28(9)35(49-43(39)40)22-37-30(12-2)26(7)33(47-37)21-36(29)46-32/h18,20,23,27,31,41,44,46-49,51H,11-17,19,21-22H2,1-10H3/b24-18+,34-20-,42-40-/t27-,31-,41+,44+/m0/s1. The van der Waals surface area contributed by atoms with Crippen molar-refractivity contribution in [1.29, 1.82) is 0 Å². The number of aromatic amines is 3. The minimum absolute atomic E-state index is 0.00905. The van der Waals surface area contributed by atoms with E-state index in [1.54, 1.807) is 0 Å². The number of aliphatic hydroxyl groups excluding tert-OH is 1. The first kappa shape index (κ1) is 39.5. The highest BCUT2D eigenvalue weighted by atomic mass is 16.5. The number of hydrogen-bond acceptors (Lipinski definition) is 6. The lowest BCUT2D eigenvalue weighted by Crippen LogP contribution is -2.24. The van der Waals surface area contributed by atoms with E-state index in [-0.39, 0.29) is 30.8 Å². The Kier molecular flexibility index (Phi) is 11.9. The van der Waals surface area contributed by atoms with E-state index >= 15 is 0 Å². The summed E-state index contributed by atoms with van der Waals surface area (Å²) < 4.78 is 11.1. The fraction of sp³-hybridized carbons (Fsp3) is 0.556. The molecule has 0 amide bonds. The first-order valence-corrected chi connectivity index (χ1v) is 20.2. The Bertz CT molecular complexity index is 2000. The smallest absolute Gasteiger partial charge is 0.316 e. The largest absolute Gasteiger partial charge is 0.468 e. The molecule has 2 aliphatic heterocycles. The van der Waals surface area contributed by atoms with Crippen molar-refractivity contribution in [3.8, 4) is 0 Å². The zero-order valence-electron chi connectivity index (χ0n) is 34.2. The maximum atomic E-state index is 13.6. The molecule has 0 spiro atoms. The van der Waals surface area contributed by atoms with E-state index in [4.69, 9.17) is 9.47 Å². The fourth-order valence-electron chi connectivity index (χ4n) is 9.32. The molecule has 3 aliphatic rings. The third-order valence-corrected chi connectivity index (χ3v) is 12.6. The number of ether oxygens (including phenoxy) is 2. The number of rotatable bonds is 12. The second kappa shape index (κ2) is 16.2. The van der Waals surface area contributed by atoms with Crippen molar-refractivity contribution in [1.82, 2.24) is 20.3 Å². The van der Waals surface area contributed by atoms with Crippen LogP contribution in [-0.4, -0.2) is 45.7 Å². The van der Waals surface area contributed by atoms with E-state index in [9.17, 15) is 14.7 Å². The Morgan fingerprint density at radius 1 is 0.944 bits per heavy atom. The Morgan fingerprint density at radius 3 is 2.28 bits per heavy atom. The van der Waals surface area contributed by atoms with Gasteiger partial charge >= 0.3 is 11.9 Å². The van der Waals surface area contributed by atoms with Crippen LogP contribution in [0.3, 0.4) is 0 Å². The maximum absolute atomic E-state index is 13.6.